The van der Waals surface area contributed by atoms with Crippen molar-refractivity contribution in [3.05, 3.63) is 70.8 Å². The SMILES string of the molecule is Cc1cccc(COc2ccc(C=C(C#N)C(=O)NC3CCCC3)cc2)c1. The fourth-order valence-corrected chi connectivity index (χ4v) is 3.28. The molecule has 0 aliphatic heterocycles. The lowest BCUT2D eigenvalue weighted by molar-refractivity contribution is -0.117. The summed E-state index contributed by atoms with van der Waals surface area (Å²) in [5.41, 5.74) is 3.26. The highest BCUT2D eigenvalue weighted by atomic mass is 16.5. The van der Waals surface area contributed by atoms with E-state index in [1.165, 1.54) is 5.56 Å². The fourth-order valence-electron chi connectivity index (χ4n) is 3.28. The van der Waals surface area contributed by atoms with E-state index in [4.69, 9.17) is 4.74 Å². The zero-order chi connectivity index (χ0) is 19.1. The van der Waals surface area contributed by atoms with Gasteiger partial charge in [0.2, 0.25) is 0 Å². The summed E-state index contributed by atoms with van der Waals surface area (Å²) in [7, 11) is 0. The average molecular weight is 360 g/mol. The second kappa shape index (κ2) is 9.05. The van der Waals surface area contributed by atoms with E-state index in [0.29, 0.717) is 6.61 Å². The zero-order valence-electron chi connectivity index (χ0n) is 15.6. The number of ether oxygens (including phenoxy) is 1. The van der Waals surface area contributed by atoms with Gasteiger partial charge in [0.25, 0.3) is 5.91 Å². The first-order valence-electron chi connectivity index (χ1n) is 9.35. The molecule has 0 atom stereocenters. The van der Waals surface area contributed by atoms with Crippen molar-refractivity contribution < 1.29 is 9.53 Å². The van der Waals surface area contributed by atoms with Crippen LogP contribution in [0, 0.1) is 18.3 Å². The topological polar surface area (TPSA) is 62.1 Å². The largest absolute Gasteiger partial charge is 0.489 e. The molecule has 0 radical (unpaired) electrons. The molecule has 1 saturated carbocycles. The van der Waals surface area contributed by atoms with Crippen LogP contribution >= 0.6 is 0 Å². The molecule has 2 aromatic rings. The lowest BCUT2D eigenvalue weighted by Crippen LogP contribution is -2.33. The number of hydrogen-bond donors (Lipinski definition) is 1. The van der Waals surface area contributed by atoms with Crippen LogP contribution in [0.1, 0.15) is 42.4 Å². The fraction of sp³-hybridized carbons (Fsp3) is 0.304. The first-order valence-corrected chi connectivity index (χ1v) is 9.35. The van der Waals surface area contributed by atoms with Crippen LogP contribution in [-0.4, -0.2) is 11.9 Å². The molecule has 3 rings (SSSR count). The van der Waals surface area contributed by atoms with E-state index < -0.39 is 0 Å². The molecule has 1 N–H and O–H groups in total. The van der Waals surface area contributed by atoms with Gasteiger partial charge >= 0.3 is 0 Å². The number of amides is 1. The Bertz CT molecular complexity index is 857. The van der Waals surface area contributed by atoms with Crippen molar-refractivity contribution in [3.8, 4) is 11.8 Å². The highest BCUT2D eigenvalue weighted by molar-refractivity contribution is 6.01. The molecule has 4 nitrogen and oxygen atoms in total. The number of nitriles is 1. The summed E-state index contributed by atoms with van der Waals surface area (Å²) >= 11 is 0. The summed E-state index contributed by atoms with van der Waals surface area (Å²) in [5, 5.41) is 12.3. The molecule has 1 amide bonds. The lowest BCUT2D eigenvalue weighted by Gasteiger charge is -2.11. The van der Waals surface area contributed by atoms with Gasteiger partial charge < -0.3 is 10.1 Å². The minimum absolute atomic E-state index is 0.135. The Hall–Kier alpha value is -3.06. The molecule has 1 aliphatic rings. The molecule has 0 unspecified atom stereocenters. The first-order chi connectivity index (χ1) is 13.1. The molecule has 0 heterocycles. The van der Waals surface area contributed by atoms with Crippen molar-refractivity contribution in [3.63, 3.8) is 0 Å². The van der Waals surface area contributed by atoms with Gasteiger partial charge in [-0.05, 0) is 49.1 Å². The summed E-state index contributed by atoms with van der Waals surface area (Å²) in [6, 6.07) is 17.8. The number of carbonyl (C=O) groups is 1. The minimum Gasteiger partial charge on any atom is -0.489 e. The predicted octanol–water partition coefficient (Wildman–Crippen LogP) is 4.54. The maximum Gasteiger partial charge on any atom is 0.262 e. The Morgan fingerprint density at radius 3 is 2.63 bits per heavy atom. The van der Waals surface area contributed by atoms with Crippen LogP contribution in [-0.2, 0) is 11.4 Å². The normalized spacial score (nSPS) is 14.6. The van der Waals surface area contributed by atoms with Gasteiger partial charge in [-0.15, -0.1) is 0 Å². The molecular weight excluding hydrogens is 336 g/mol. The molecule has 1 aliphatic carbocycles. The van der Waals surface area contributed by atoms with E-state index in [2.05, 4.69) is 24.4 Å². The van der Waals surface area contributed by atoms with Crippen LogP contribution in [0.15, 0.2) is 54.1 Å². The van der Waals surface area contributed by atoms with Crippen LogP contribution in [0.25, 0.3) is 6.08 Å². The molecule has 0 saturated heterocycles. The third-order valence-electron chi connectivity index (χ3n) is 4.73. The van der Waals surface area contributed by atoms with Gasteiger partial charge in [0.1, 0.15) is 24.0 Å². The Balaban J connectivity index is 1.60. The molecule has 27 heavy (non-hydrogen) atoms. The molecule has 0 spiro atoms. The summed E-state index contributed by atoms with van der Waals surface area (Å²) in [6.45, 7) is 2.56. The second-order valence-electron chi connectivity index (χ2n) is 6.97. The van der Waals surface area contributed by atoms with Crippen molar-refractivity contribution in [1.29, 1.82) is 5.26 Å². The van der Waals surface area contributed by atoms with Crippen molar-refractivity contribution in [2.45, 2.75) is 45.3 Å². The minimum atomic E-state index is -0.288. The molecule has 0 aromatic heterocycles. The lowest BCUT2D eigenvalue weighted by atomic mass is 10.1. The molecule has 2 aromatic carbocycles. The van der Waals surface area contributed by atoms with Gasteiger partial charge in [-0.3, -0.25) is 4.79 Å². The summed E-state index contributed by atoms with van der Waals surface area (Å²) in [6.07, 6.45) is 5.89. The van der Waals surface area contributed by atoms with Gasteiger partial charge in [0.05, 0.1) is 0 Å². The van der Waals surface area contributed by atoms with Gasteiger partial charge in [0, 0.05) is 6.04 Å². The van der Waals surface area contributed by atoms with Crippen molar-refractivity contribution in [2.24, 2.45) is 0 Å². The predicted molar refractivity (Wildman–Crippen MR) is 106 cm³/mol. The van der Waals surface area contributed by atoms with E-state index in [1.807, 2.05) is 42.5 Å². The maximum atomic E-state index is 12.3. The smallest absolute Gasteiger partial charge is 0.262 e. The Morgan fingerprint density at radius 1 is 1.22 bits per heavy atom. The monoisotopic (exact) mass is 360 g/mol. The number of rotatable bonds is 6. The van der Waals surface area contributed by atoms with Gasteiger partial charge in [-0.1, -0.05) is 54.8 Å². The van der Waals surface area contributed by atoms with E-state index in [9.17, 15) is 10.1 Å². The highest BCUT2D eigenvalue weighted by Gasteiger charge is 2.19. The molecule has 1 fully saturated rings. The van der Waals surface area contributed by atoms with E-state index in [1.54, 1.807) is 6.08 Å². The summed E-state index contributed by atoms with van der Waals surface area (Å²) in [5.74, 6) is 0.465. The number of carbonyl (C=O) groups excluding carboxylic acids is 1. The second-order valence-corrected chi connectivity index (χ2v) is 6.97. The molecule has 0 bridgehead atoms. The van der Waals surface area contributed by atoms with Gasteiger partial charge in [-0.2, -0.15) is 5.26 Å². The van der Waals surface area contributed by atoms with Crippen molar-refractivity contribution >= 4 is 12.0 Å². The number of nitrogens with zero attached hydrogens (tertiary/aromatic N) is 1. The Kier molecular flexibility index (Phi) is 6.27. The number of nitrogens with one attached hydrogen (secondary N) is 1. The Labute approximate surface area is 160 Å². The standard InChI is InChI=1S/C23H24N2O2/c1-17-5-4-6-19(13-17)16-27-22-11-9-18(10-12-22)14-20(15-24)23(26)25-21-7-2-3-8-21/h4-6,9-14,21H,2-3,7-8,16H2,1H3,(H,25,26). The van der Waals surface area contributed by atoms with Crippen LogP contribution in [0.4, 0.5) is 0 Å². The quantitative estimate of drug-likeness (QED) is 0.608. The summed E-state index contributed by atoms with van der Waals surface area (Å²) in [4.78, 5) is 12.3. The number of benzene rings is 2. The summed E-state index contributed by atoms with van der Waals surface area (Å²) < 4.78 is 5.80. The van der Waals surface area contributed by atoms with Crippen LogP contribution < -0.4 is 10.1 Å². The zero-order valence-corrected chi connectivity index (χ0v) is 15.6. The van der Waals surface area contributed by atoms with Crippen LogP contribution in [0.3, 0.4) is 0 Å². The highest BCUT2D eigenvalue weighted by Crippen LogP contribution is 2.19. The van der Waals surface area contributed by atoms with Gasteiger partial charge in [-0.25, -0.2) is 0 Å². The first kappa shape index (κ1) is 18.7. The average Bonchev–Trinajstić information content (AvgIpc) is 3.18. The molecular formula is C23H24N2O2. The van der Waals surface area contributed by atoms with Gasteiger partial charge in [0.15, 0.2) is 0 Å². The van der Waals surface area contributed by atoms with E-state index >= 15 is 0 Å². The number of hydrogen-bond acceptors (Lipinski definition) is 3. The molecule has 138 valence electrons. The third-order valence-corrected chi connectivity index (χ3v) is 4.73. The third kappa shape index (κ3) is 5.46. The van der Waals surface area contributed by atoms with Crippen LogP contribution in [0.2, 0.25) is 0 Å². The van der Waals surface area contributed by atoms with Crippen molar-refractivity contribution in [1.82, 2.24) is 5.32 Å². The maximum absolute atomic E-state index is 12.3. The number of aryl methyl sites for hydroxylation is 1. The molecule has 4 heteroatoms. The van der Waals surface area contributed by atoms with Crippen molar-refractivity contribution in [2.75, 3.05) is 0 Å². The van der Waals surface area contributed by atoms with E-state index in [0.717, 1.165) is 42.6 Å². The van der Waals surface area contributed by atoms with E-state index in [-0.39, 0.29) is 17.5 Å². The van der Waals surface area contributed by atoms with Crippen LogP contribution in [0.5, 0.6) is 5.75 Å². The Morgan fingerprint density at radius 2 is 1.96 bits per heavy atom.